The lowest BCUT2D eigenvalue weighted by molar-refractivity contribution is 0.267. The molecule has 7 aliphatic carbocycles. The molecule has 604 valence electrons. The highest BCUT2D eigenvalue weighted by molar-refractivity contribution is 9.11. The summed E-state index contributed by atoms with van der Waals surface area (Å²) in [6.07, 6.45) is 48.5. The Morgan fingerprint density at radius 2 is 0.714 bits per heavy atom. The van der Waals surface area contributed by atoms with Gasteiger partial charge in [0.1, 0.15) is 46.3 Å². The summed E-state index contributed by atoms with van der Waals surface area (Å²) in [6, 6.07) is 7.76. The molecule has 8 N–H and O–H groups in total. The van der Waals surface area contributed by atoms with Crippen molar-refractivity contribution >= 4 is 186 Å². The second-order valence-corrected chi connectivity index (χ2v) is 32.9. The molecular formula is C78H98Br3Cl8N21O2. The number of nitrogens with two attached hydrogens (primary N) is 1. The fourth-order valence-corrected chi connectivity index (χ4v) is 16.2. The second kappa shape index (κ2) is 49.0. The van der Waals surface area contributed by atoms with E-state index in [4.69, 9.17) is 104 Å². The van der Waals surface area contributed by atoms with Crippen LogP contribution in [0.5, 0.6) is 0 Å². The Kier molecular flexibility index (Phi) is 40.3. The van der Waals surface area contributed by atoms with E-state index in [0.29, 0.717) is 68.6 Å². The summed E-state index contributed by atoms with van der Waals surface area (Å²) < 4.78 is 6.90. The average molecular weight is 1890 g/mol. The molecule has 7 fully saturated rings. The largest absolute Gasteiger partial charge is 0.390 e. The van der Waals surface area contributed by atoms with E-state index in [1.54, 1.807) is 31.0 Å². The number of fused-ring (bicyclic) bond motifs is 2. The maximum absolute atomic E-state index is 9.45. The SMILES string of the molecule is C.CCC#Cc1cnc(Cl)nc1NC1CCCC1.CCc1cc2cnc(Cl)nc2n1C1CCCC1.Clc1ncc(Br)c(Cl)n1.Clc1ncc(Br)c(NC2CCCC2)n1.Clc1ncc(Br)c(NC2CCCC2)n1.NC1CCCC1.OCC#Cc1cnc(Cl)nc1NC1CCCC1.OCc1cc2cnc(Cl)nc2n1C1CCCC1. The molecule has 9 aromatic heterocycles. The van der Waals surface area contributed by atoms with E-state index in [2.05, 4.69) is 185 Å². The van der Waals surface area contributed by atoms with Crippen molar-refractivity contribution < 1.29 is 10.2 Å². The minimum atomic E-state index is -0.175. The molecule has 0 unspecified atom stereocenters. The van der Waals surface area contributed by atoms with Gasteiger partial charge in [0.05, 0.1) is 31.2 Å². The van der Waals surface area contributed by atoms with Gasteiger partial charge >= 0.3 is 0 Å². The zero-order chi connectivity index (χ0) is 79.0. The summed E-state index contributed by atoms with van der Waals surface area (Å²) in [5.41, 5.74) is 11.2. The van der Waals surface area contributed by atoms with Crippen molar-refractivity contribution in [2.75, 3.05) is 27.9 Å². The Morgan fingerprint density at radius 1 is 0.402 bits per heavy atom. The van der Waals surface area contributed by atoms with E-state index in [-0.39, 0.29) is 52.3 Å². The third-order valence-corrected chi connectivity index (χ3v) is 23.2. The number of nitrogens with zero attached hydrogens (tertiary/aromatic N) is 16. The van der Waals surface area contributed by atoms with Crippen LogP contribution in [0.25, 0.3) is 22.1 Å². The molecule has 0 amide bonds. The van der Waals surface area contributed by atoms with Crippen LogP contribution in [0.15, 0.2) is 68.9 Å². The van der Waals surface area contributed by atoms with Crippen molar-refractivity contribution in [3.05, 3.63) is 134 Å². The predicted molar refractivity (Wildman–Crippen MR) is 467 cm³/mol. The van der Waals surface area contributed by atoms with Crippen molar-refractivity contribution in [2.45, 2.75) is 263 Å². The van der Waals surface area contributed by atoms with Gasteiger partial charge in [-0.05, 0) is 237 Å². The van der Waals surface area contributed by atoms with Gasteiger partial charge in [-0.25, -0.2) is 39.9 Å². The monoisotopic (exact) mass is 1880 g/mol. The van der Waals surface area contributed by atoms with E-state index in [1.165, 1.54) is 166 Å². The van der Waals surface area contributed by atoms with Gasteiger partial charge in [-0.15, -0.1) is 0 Å². The van der Waals surface area contributed by atoms with Crippen molar-refractivity contribution in [3.63, 3.8) is 0 Å². The first-order valence-corrected chi connectivity index (χ1v) is 43.5. The summed E-state index contributed by atoms with van der Waals surface area (Å²) in [4.78, 5) is 56.3. The number of halogens is 11. The molecule has 0 radical (unpaired) electrons. The minimum absolute atomic E-state index is 0. The molecule has 0 aromatic carbocycles. The number of aromatic nitrogens is 16. The van der Waals surface area contributed by atoms with Gasteiger partial charge in [-0.1, -0.05) is 146 Å². The molecule has 0 saturated heterocycles. The molecule has 34 heteroatoms. The lowest BCUT2D eigenvalue weighted by Gasteiger charge is -2.16. The molecule has 7 aliphatic rings. The van der Waals surface area contributed by atoms with Gasteiger partial charge in [0.2, 0.25) is 37.0 Å². The van der Waals surface area contributed by atoms with Crippen molar-refractivity contribution in [1.82, 2.24) is 78.9 Å². The molecule has 112 heavy (non-hydrogen) atoms. The fourth-order valence-electron chi connectivity index (χ4n) is 14.3. The van der Waals surface area contributed by atoms with Gasteiger partial charge in [-0.3, -0.25) is 0 Å². The highest BCUT2D eigenvalue weighted by Gasteiger charge is 2.26. The van der Waals surface area contributed by atoms with E-state index in [1.807, 2.05) is 19.2 Å². The van der Waals surface area contributed by atoms with E-state index < -0.39 is 0 Å². The first-order valence-electron chi connectivity index (χ1n) is 38.1. The van der Waals surface area contributed by atoms with Gasteiger partial charge in [0.15, 0.2) is 0 Å². The van der Waals surface area contributed by atoms with Crippen LogP contribution in [-0.2, 0) is 13.0 Å². The van der Waals surface area contributed by atoms with Crippen LogP contribution in [0.1, 0.15) is 242 Å². The number of nitrogens with one attached hydrogen (secondary N) is 4. The number of aryl methyl sites for hydroxylation is 1. The molecule has 0 atom stereocenters. The van der Waals surface area contributed by atoms with Gasteiger partial charge in [0, 0.05) is 114 Å². The molecular weight excluding hydrogens is 1790 g/mol. The molecule has 23 nitrogen and oxygen atoms in total. The Labute approximate surface area is 722 Å². The van der Waals surface area contributed by atoms with Crippen LogP contribution >= 0.6 is 141 Å². The standard InChI is InChI=1S/2C13H16ClN3.2C12H14ClN3O.2C9H11BrClN3.C5H11N.C4HBrCl2N2.CH4/c1-2-10-7-9-8-15-13(14)16-12(9)17(10)11-5-3-4-6-11;1-2-3-6-10-9-15-13(14)17-12(10)16-11-7-4-5-8-11;13-12-14-6-8-5-10(7-17)16(11(8)15-12)9-3-1-2-4-9;13-12-14-8-9(4-3-7-17)11(16-12)15-10-5-1-2-6-10;2*10-7-5-12-9(11)14-8(7)13-6-3-1-2-4-6;6-5-3-1-2-4-5;5-2-1-8-4(7)9-3(2)6;/h7-8,11H,2-6H2,1H3;9,11H,2,4-5,7-8H2,1H3,(H,15,16,17);5-6,9,17H,1-4,7H2;8,10,17H,1-2,5-7H2,(H,14,15,16);2*5-6H,1-4H2,(H,12,13,14);5H,1-4,6H2;1H;1H4. The van der Waals surface area contributed by atoms with E-state index in [0.717, 1.165) is 98.2 Å². The minimum Gasteiger partial charge on any atom is -0.390 e. The van der Waals surface area contributed by atoms with Crippen molar-refractivity contribution in [1.29, 1.82) is 0 Å². The lowest BCUT2D eigenvalue weighted by Crippen LogP contribution is -2.16. The van der Waals surface area contributed by atoms with Crippen LogP contribution < -0.4 is 27.0 Å². The first kappa shape index (κ1) is 92.1. The van der Waals surface area contributed by atoms with Gasteiger partial charge in [0.25, 0.3) is 0 Å². The molecule has 0 spiro atoms. The summed E-state index contributed by atoms with van der Waals surface area (Å²) in [5.74, 6) is 14.6. The highest BCUT2D eigenvalue weighted by Crippen LogP contribution is 2.37. The third-order valence-electron chi connectivity index (χ3n) is 19.7. The summed E-state index contributed by atoms with van der Waals surface area (Å²) in [5, 5.41) is 35.8. The topological polar surface area (TPSA) is 305 Å². The quantitative estimate of drug-likeness (QED) is 0.0340. The van der Waals surface area contributed by atoms with E-state index in [9.17, 15) is 5.11 Å². The molecule has 9 heterocycles. The van der Waals surface area contributed by atoms with Gasteiger partial charge < -0.3 is 46.3 Å². The van der Waals surface area contributed by atoms with E-state index >= 15 is 0 Å². The number of aliphatic hydroxyl groups excluding tert-OH is 2. The number of hydrogen-bond acceptors (Lipinski definition) is 21. The fraction of sp³-hybridized carbons (Fsp3) is 0.538. The summed E-state index contributed by atoms with van der Waals surface area (Å²) in [6.45, 7) is 4.07. The van der Waals surface area contributed by atoms with Crippen LogP contribution in [0, 0.1) is 23.7 Å². The van der Waals surface area contributed by atoms with Gasteiger partial charge in [-0.2, -0.15) is 29.9 Å². The lowest BCUT2D eigenvalue weighted by atomic mass is 10.2. The molecule has 7 saturated carbocycles. The second-order valence-electron chi connectivity index (χ2n) is 27.6. The third kappa shape index (κ3) is 29.6. The Hall–Kier alpha value is -5.40. The van der Waals surface area contributed by atoms with Crippen molar-refractivity contribution in [2.24, 2.45) is 5.73 Å². The number of hydrogen-bond donors (Lipinski definition) is 7. The first-order chi connectivity index (χ1) is 53.8. The molecule has 0 bridgehead atoms. The summed E-state index contributed by atoms with van der Waals surface area (Å²) in [7, 11) is 0. The Balaban J connectivity index is 0.000000163. The number of aliphatic hydroxyl groups is 2. The smallest absolute Gasteiger partial charge is 0.224 e. The van der Waals surface area contributed by atoms with Crippen LogP contribution in [0.4, 0.5) is 23.3 Å². The van der Waals surface area contributed by atoms with Crippen LogP contribution in [-0.4, -0.2) is 126 Å². The Morgan fingerprint density at radius 3 is 1.06 bits per heavy atom. The highest BCUT2D eigenvalue weighted by atomic mass is 79.9. The summed E-state index contributed by atoms with van der Waals surface area (Å²) >= 11 is 55.6. The average Bonchev–Trinajstić information content (AvgIpc) is 1.64. The number of anilines is 4. The predicted octanol–water partition coefficient (Wildman–Crippen LogP) is 22.1. The Bertz CT molecular complexity index is 4270. The maximum atomic E-state index is 9.45. The molecule has 0 aliphatic heterocycles. The number of rotatable bonds is 12. The zero-order valence-electron chi connectivity index (χ0n) is 62.1. The normalized spacial score (nSPS) is 16.3. The van der Waals surface area contributed by atoms with Crippen molar-refractivity contribution in [3.8, 4) is 23.7 Å². The maximum Gasteiger partial charge on any atom is 0.224 e. The van der Waals surface area contributed by atoms with Crippen LogP contribution in [0.2, 0.25) is 42.1 Å². The van der Waals surface area contributed by atoms with Crippen LogP contribution in [0.3, 0.4) is 0 Å². The molecule has 16 rings (SSSR count). The zero-order valence-corrected chi connectivity index (χ0v) is 73.0. The molecule has 9 aromatic rings.